The molecule has 0 saturated heterocycles. The van der Waals surface area contributed by atoms with Gasteiger partial charge in [0.1, 0.15) is 11.5 Å². The Labute approximate surface area is 157 Å². The predicted octanol–water partition coefficient (Wildman–Crippen LogP) is 4.64. The van der Waals surface area contributed by atoms with Gasteiger partial charge in [-0.15, -0.1) is 11.3 Å². The number of anilines is 1. The van der Waals surface area contributed by atoms with Gasteiger partial charge in [-0.05, 0) is 41.8 Å². The van der Waals surface area contributed by atoms with Gasteiger partial charge < -0.3 is 9.15 Å². The highest BCUT2D eigenvalue weighted by atomic mass is 32.1. The number of fused-ring (bicyclic) bond motifs is 1. The van der Waals surface area contributed by atoms with Gasteiger partial charge in [0.05, 0.1) is 34.7 Å². The van der Waals surface area contributed by atoms with E-state index in [1.54, 1.807) is 31.6 Å². The first-order valence-electron chi connectivity index (χ1n) is 7.64. The fourth-order valence-corrected chi connectivity index (χ4v) is 3.88. The summed E-state index contributed by atoms with van der Waals surface area (Å²) < 4.78 is 11.4. The highest BCUT2D eigenvalue weighted by Crippen LogP contribution is 2.32. The SMILES string of the molecule is COc1ccc2nc(N(/N=C/c3ccco3)C(=O)c3cccs3)sc2c1. The van der Waals surface area contributed by atoms with E-state index in [9.17, 15) is 4.79 Å². The number of hydrogen-bond donors (Lipinski definition) is 0. The van der Waals surface area contributed by atoms with Crippen molar-refractivity contribution in [2.75, 3.05) is 12.1 Å². The molecule has 0 bridgehead atoms. The molecular weight excluding hydrogens is 370 g/mol. The quantitative estimate of drug-likeness (QED) is 0.372. The zero-order valence-electron chi connectivity index (χ0n) is 13.7. The summed E-state index contributed by atoms with van der Waals surface area (Å²) in [6.45, 7) is 0. The standard InChI is InChI=1S/C18H13N3O3S2/c1-23-12-6-7-14-16(10-12)26-18(20-14)21(17(22)15-5-3-9-25-15)19-11-13-4-2-8-24-13/h2-11H,1H3/b19-11+. The number of thiophene rings is 1. The molecule has 1 amide bonds. The molecule has 0 atom stereocenters. The zero-order chi connectivity index (χ0) is 17.9. The van der Waals surface area contributed by atoms with Crippen LogP contribution in [0.2, 0.25) is 0 Å². The number of carbonyl (C=O) groups excluding carboxylic acids is 1. The van der Waals surface area contributed by atoms with Crippen LogP contribution in [-0.4, -0.2) is 24.2 Å². The zero-order valence-corrected chi connectivity index (χ0v) is 15.3. The van der Waals surface area contributed by atoms with E-state index in [4.69, 9.17) is 9.15 Å². The molecule has 3 heterocycles. The van der Waals surface area contributed by atoms with Crippen LogP contribution in [-0.2, 0) is 0 Å². The Morgan fingerprint density at radius 2 is 2.23 bits per heavy atom. The van der Waals surface area contributed by atoms with Crippen LogP contribution in [0.15, 0.2) is 63.6 Å². The Morgan fingerprint density at radius 1 is 1.31 bits per heavy atom. The Hall–Kier alpha value is -2.97. The minimum Gasteiger partial charge on any atom is -0.497 e. The number of carbonyl (C=O) groups is 1. The lowest BCUT2D eigenvalue weighted by Crippen LogP contribution is -2.24. The van der Waals surface area contributed by atoms with Gasteiger partial charge in [-0.3, -0.25) is 4.79 Å². The first kappa shape index (κ1) is 16.5. The second-order valence-electron chi connectivity index (χ2n) is 5.18. The fourth-order valence-electron chi connectivity index (χ4n) is 2.28. The molecular formula is C18H13N3O3S2. The second-order valence-corrected chi connectivity index (χ2v) is 7.14. The van der Waals surface area contributed by atoms with Crippen LogP contribution in [0, 0.1) is 0 Å². The fraction of sp³-hybridized carbons (Fsp3) is 0.0556. The largest absolute Gasteiger partial charge is 0.497 e. The third-order valence-corrected chi connectivity index (χ3v) is 5.39. The molecule has 0 aliphatic carbocycles. The Morgan fingerprint density at radius 3 is 2.96 bits per heavy atom. The number of hydrogen-bond acceptors (Lipinski definition) is 7. The normalized spacial score (nSPS) is 11.3. The van der Waals surface area contributed by atoms with Gasteiger partial charge in [-0.25, -0.2) is 4.98 Å². The number of thiazole rings is 1. The lowest BCUT2D eigenvalue weighted by Gasteiger charge is -2.12. The second kappa shape index (κ2) is 7.11. The number of furan rings is 1. The lowest BCUT2D eigenvalue weighted by molar-refractivity contribution is 0.0991. The molecule has 0 aliphatic heterocycles. The van der Waals surface area contributed by atoms with Gasteiger partial charge in [-0.1, -0.05) is 17.4 Å². The van der Waals surface area contributed by atoms with Crippen molar-refractivity contribution < 1.29 is 13.9 Å². The Kier molecular flexibility index (Phi) is 4.51. The molecule has 0 saturated carbocycles. The number of aromatic nitrogens is 1. The number of methoxy groups -OCH3 is 1. The molecule has 1 aromatic carbocycles. The molecule has 3 aromatic heterocycles. The van der Waals surface area contributed by atoms with E-state index in [0.717, 1.165) is 16.0 Å². The minimum absolute atomic E-state index is 0.242. The molecule has 0 spiro atoms. The summed E-state index contributed by atoms with van der Waals surface area (Å²) in [5.74, 6) is 1.05. The van der Waals surface area contributed by atoms with Gasteiger partial charge in [0.2, 0.25) is 5.13 Å². The summed E-state index contributed by atoms with van der Waals surface area (Å²) in [4.78, 5) is 18.0. The van der Waals surface area contributed by atoms with Gasteiger partial charge in [-0.2, -0.15) is 10.1 Å². The minimum atomic E-state index is -0.242. The van der Waals surface area contributed by atoms with Crippen LogP contribution in [0.1, 0.15) is 15.4 Å². The molecule has 6 nitrogen and oxygen atoms in total. The molecule has 4 aromatic rings. The van der Waals surface area contributed by atoms with Crippen LogP contribution in [0.4, 0.5) is 5.13 Å². The molecule has 0 radical (unpaired) electrons. The van der Waals surface area contributed by atoms with Crippen LogP contribution in [0.25, 0.3) is 10.2 Å². The third kappa shape index (κ3) is 3.24. The first-order valence-corrected chi connectivity index (χ1v) is 9.34. The van der Waals surface area contributed by atoms with Crippen LogP contribution >= 0.6 is 22.7 Å². The number of nitrogens with zero attached hydrogens (tertiary/aromatic N) is 3. The topological polar surface area (TPSA) is 67.9 Å². The summed E-state index contributed by atoms with van der Waals surface area (Å²) in [5.41, 5.74) is 0.781. The van der Waals surface area contributed by atoms with Crippen molar-refractivity contribution in [3.63, 3.8) is 0 Å². The number of benzene rings is 1. The maximum absolute atomic E-state index is 12.9. The van der Waals surface area contributed by atoms with E-state index in [2.05, 4.69) is 10.1 Å². The third-order valence-electron chi connectivity index (χ3n) is 3.53. The average molecular weight is 383 g/mol. The van der Waals surface area contributed by atoms with Crippen molar-refractivity contribution in [1.82, 2.24) is 4.98 Å². The highest BCUT2D eigenvalue weighted by molar-refractivity contribution is 7.22. The summed E-state index contributed by atoms with van der Waals surface area (Å²) in [6.07, 6.45) is 3.05. The molecule has 8 heteroatoms. The van der Waals surface area contributed by atoms with E-state index >= 15 is 0 Å². The van der Waals surface area contributed by atoms with E-state index in [0.29, 0.717) is 15.8 Å². The number of ether oxygens (including phenoxy) is 1. The van der Waals surface area contributed by atoms with Gasteiger partial charge >= 0.3 is 0 Å². The number of amides is 1. The van der Waals surface area contributed by atoms with Gasteiger partial charge in [0.25, 0.3) is 5.91 Å². The summed E-state index contributed by atoms with van der Waals surface area (Å²) in [7, 11) is 1.61. The lowest BCUT2D eigenvalue weighted by atomic mass is 10.3. The van der Waals surface area contributed by atoms with Crippen LogP contribution in [0.3, 0.4) is 0 Å². The summed E-state index contributed by atoms with van der Waals surface area (Å²) in [5, 5.41) is 7.95. The predicted molar refractivity (Wildman–Crippen MR) is 104 cm³/mol. The smallest absolute Gasteiger partial charge is 0.290 e. The van der Waals surface area contributed by atoms with Crippen molar-refractivity contribution in [3.8, 4) is 5.75 Å². The molecule has 0 aliphatic rings. The van der Waals surface area contributed by atoms with E-state index < -0.39 is 0 Å². The van der Waals surface area contributed by atoms with Crippen molar-refractivity contribution in [1.29, 1.82) is 0 Å². The Bertz CT molecular complexity index is 1050. The van der Waals surface area contributed by atoms with Crippen molar-refractivity contribution in [3.05, 3.63) is 64.7 Å². The maximum atomic E-state index is 12.9. The van der Waals surface area contributed by atoms with Crippen LogP contribution in [0.5, 0.6) is 5.75 Å². The maximum Gasteiger partial charge on any atom is 0.290 e. The van der Waals surface area contributed by atoms with Crippen molar-refractivity contribution in [2.24, 2.45) is 5.10 Å². The molecule has 0 fully saturated rings. The summed E-state index contributed by atoms with van der Waals surface area (Å²) in [6, 6.07) is 12.7. The van der Waals surface area contributed by atoms with Crippen molar-refractivity contribution >= 4 is 50.1 Å². The monoisotopic (exact) mass is 383 g/mol. The first-order chi connectivity index (χ1) is 12.7. The molecule has 4 rings (SSSR count). The van der Waals surface area contributed by atoms with Gasteiger partial charge in [0.15, 0.2) is 0 Å². The van der Waals surface area contributed by atoms with E-state index in [1.165, 1.54) is 33.9 Å². The van der Waals surface area contributed by atoms with E-state index in [-0.39, 0.29) is 5.91 Å². The molecule has 130 valence electrons. The van der Waals surface area contributed by atoms with E-state index in [1.807, 2.05) is 29.6 Å². The summed E-state index contributed by atoms with van der Waals surface area (Å²) >= 11 is 2.73. The van der Waals surface area contributed by atoms with Gasteiger partial charge in [0, 0.05) is 0 Å². The van der Waals surface area contributed by atoms with Crippen LogP contribution < -0.4 is 9.75 Å². The highest BCUT2D eigenvalue weighted by Gasteiger charge is 2.22. The van der Waals surface area contributed by atoms with Crippen molar-refractivity contribution in [2.45, 2.75) is 0 Å². The number of rotatable bonds is 5. The molecule has 0 unspecified atom stereocenters. The molecule has 0 N–H and O–H groups in total. The average Bonchev–Trinajstić information content (AvgIpc) is 3.41. The molecule has 26 heavy (non-hydrogen) atoms. The Balaban J connectivity index is 1.75. The number of hydrazone groups is 1.